The number of hydrogen-bond acceptors (Lipinski definition) is 4. The van der Waals surface area contributed by atoms with Gasteiger partial charge in [-0.05, 0) is 49.4 Å². The highest BCUT2D eigenvalue weighted by atomic mass is 32.2. The van der Waals surface area contributed by atoms with Gasteiger partial charge in [0.1, 0.15) is 0 Å². The second-order valence-electron chi connectivity index (χ2n) is 5.30. The van der Waals surface area contributed by atoms with Crippen LogP contribution in [-0.4, -0.2) is 40.0 Å². The van der Waals surface area contributed by atoms with Gasteiger partial charge in [0.15, 0.2) is 9.84 Å². The number of hydrogen-bond donors (Lipinski definition) is 0. The Balaban J connectivity index is 2.05. The highest BCUT2D eigenvalue weighted by molar-refractivity contribution is 7.91. The van der Waals surface area contributed by atoms with Crippen molar-refractivity contribution in [2.75, 3.05) is 18.8 Å². The highest BCUT2D eigenvalue weighted by Gasteiger charge is 2.30. The molecule has 1 aromatic rings. The Kier molecular flexibility index (Phi) is 3.38. The lowest BCUT2D eigenvalue weighted by Crippen LogP contribution is -2.28. The van der Waals surface area contributed by atoms with Crippen LogP contribution in [-0.2, 0) is 26.3 Å². The summed E-state index contributed by atoms with van der Waals surface area (Å²) in [5.74, 6) is 0.151. The molecule has 0 N–H and O–H groups in total. The zero-order valence-corrected chi connectivity index (χ0v) is 12.7. The molecule has 2 heterocycles. The van der Waals surface area contributed by atoms with E-state index in [1.807, 2.05) is 0 Å². The van der Waals surface area contributed by atoms with Crippen LogP contribution in [0.15, 0.2) is 28.0 Å². The standard InChI is InChI=1S/C13H17NO4S2/c15-19(16)9-3-4-11-10-12(5-6-13(11)19)20(17,18)14-7-1-2-8-14/h5-6,10H,1-4,7-9H2. The normalized spacial score (nSPS) is 22.6. The Morgan fingerprint density at radius 3 is 2.45 bits per heavy atom. The van der Waals surface area contributed by atoms with Gasteiger partial charge in [-0.2, -0.15) is 4.31 Å². The number of nitrogens with zero attached hydrogens (tertiary/aromatic N) is 1. The minimum atomic E-state index is -3.47. The lowest BCUT2D eigenvalue weighted by molar-refractivity contribution is 0.477. The molecule has 0 radical (unpaired) electrons. The fourth-order valence-electron chi connectivity index (χ4n) is 2.86. The first-order valence-corrected chi connectivity index (χ1v) is 9.86. The van der Waals surface area contributed by atoms with E-state index in [1.165, 1.54) is 16.4 Å². The van der Waals surface area contributed by atoms with Crippen LogP contribution in [0.5, 0.6) is 0 Å². The fraction of sp³-hybridized carbons (Fsp3) is 0.538. The van der Waals surface area contributed by atoms with Gasteiger partial charge in [-0.3, -0.25) is 0 Å². The van der Waals surface area contributed by atoms with Gasteiger partial charge in [-0.1, -0.05) is 0 Å². The van der Waals surface area contributed by atoms with E-state index in [0.29, 0.717) is 36.4 Å². The molecule has 7 heteroatoms. The van der Waals surface area contributed by atoms with E-state index < -0.39 is 19.9 Å². The maximum atomic E-state index is 12.5. The fourth-order valence-corrected chi connectivity index (χ4v) is 6.00. The first-order chi connectivity index (χ1) is 9.41. The summed E-state index contributed by atoms with van der Waals surface area (Å²) in [6, 6.07) is 4.42. The molecule has 2 aliphatic rings. The molecule has 0 bridgehead atoms. The largest absolute Gasteiger partial charge is 0.243 e. The number of sulfonamides is 1. The molecule has 0 saturated carbocycles. The van der Waals surface area contributed by atoms with E-state index in [4.69, 9.17) is 0 Å². The maximum Gasteiger partial charge on any atom is 0.243 e. The van der Waals surface area contributed by atoms with Crippen LogP contribution in [0.25, 0.3) is 0 Å². The Morgan fingerprint density at radius 1 is 1.05 bits per heavy atom. The van der Waals surface area contributed by atoms with Gasteiger partial charge in [-0.25, -0.2) is 16.8 Å². The summed E-state index contributed by atoms with van der Waals surface area (Å²) in [4.78, 5) is 0.513. The summed E-state index contributed by atoms with van der Waals surface area (Å²) >= 11 is 0. The van der Waals surface area contributed by atoms with E-state index in [0.717, 1.165) is 12.8 Å². The van der Waals surface area contributed by atoms with Crippen molar-refractivity contribution in [3.63, 3.8) is 0 Å². The number of rotatable bonds is 2. The van der Waals surface area contributed by atoms with Crippen molar-refractivity contribution in [2.45, 2.75) is 35.5 Å². The molecule has 5 nitrogen and oxygen atoms in total. The quantitative estimate of drug-likeness (QED) is 0.822. The van der Waals surface area contributed by atoms with Crippen molar-refractivity contribution in [3.05, 3.63) is 23.8 Å². The van der Waals surface area contributed by atoms with Crippen LogP contribution < -0.4 is 0 Å². The summed E-state index contributed by atoms with van der Waals surface area (Å²) in [6.45, 7) is 1.11. The summed E-state index contributed by atoms with van der Waals surface area (Å²) in [5, 5.41) is 0. The van der Waals surface area contributed by atoms with Gasteiger partial charge in [0.05, 0.1) is 15.5 Å². The van der Waals surface area contributed by atoms with Crippen LogP contribution in [0, 0.1) is 0 Å². The average Bonchev–Trinajstić information content (AvgIpc) is 2.92. The summed E-state index contributed by atoms with van der Waals surface area (Å²) in [6.07, 6.45) is 2.96. The smallest absolute Gasteiger partial charge is 0.224 e. The van der Waals surface area contributed by atoms with Gasteiger partial charge < -0.3 is 0 Å². The van der Waals surface area contributed by atoms with Crippen LogP contribution in [0.1, 0.15) is 24.8 Å². The molecule has 1 aromatic carbocycles. The molecular weight excluding hydrogens is 298 g/mol. The maximum absolute atomic E-state index is 12.5. The molecule has 0 unspecified atom stereocenters. The molecule has 0 aliphatic carbocycles. The number of aryl methyl sites for hydroxylation is 1. The summed E-state index contributed by atoms with van der Waals surface area (Å²) in [5.41, 5.74) is 0.636. The zero-order chi connectivity index (χ0) is 14.4. The van der Waals surface area contributed by atoms with Crippen molar-refractivity contribution < 1.29 is 16.8 Å². The van der Waals surface area contributed by atoms with Crippen molar-refractivity contribution in [2.24, 2.45) is 0 Å². The molecule has 1 saturated heterocycles. The van der Waals surface area contributed by atoms with Crippen LogP contribution >= 0.6 is 0 Å². The molecule has 0 atom stereocenters. The van der Waals surface area contributed by atoms with Crippen molar-refractivity contribution >= 4 is 19.9 Å². The Bertz CT molecular complexity index is 732. The molecule has 0 spiro atoms. The topological polar surface area (TPSA) is 71.5 Å². The highest BCUT2D eigenvalue weighted by Crippen LogP contribution is 2.29. The molecule has 1 fully saturated rings. The van der Waals surface area contributed by atoms with Crippen LogP contribution in [0.4, 0.5) is 0 Å². The Morgan fingerprint density at radius 2 is 1.75 bits per heavy atom. The number of fused-ring (bicyclic) bond motifs is 1. The molecule has 20 heavy (non-hydrogen) atoms. The molecule has 0 amide bonds. The summed E-state index contributed by atoms with van der Waals surface area (Å²) < 4.78 is 50.3. The van der Waals surface area contributed by atoms with Crippen LogP contribution in [0.3, 0.4) is 0 Å². The molecule has 3 rings (SSSR count). The van der Waals surface area contributed by atoms with Gasteiger partial charge >= 0.3 is 0 Å². The molecular formula is C13H17NO4S2. The summed E-state index contributed by atoms with van der Waals surface area (Å²) in [7, 11) is -6.70. The predicted molar refractivity (Wildman–Crippen MR) is 74.8 cm³/mol. The van der Waals surface area contributed by atoms with Gasteiger partial charge in [-0.15, -0.1) is 0 Å². The van der Waals surface area contributed by atoms with E-state index >= 15 is 0 Å². The zero-order valence-electron chi connectivity index (χ0n) is 11.1. The minimum Gasteiger partial charge on any atom is -0.224 e. The second kappa shape index (κ2) is 4.82. The SMILES string of the molecule is O=S1(=O)CCCc2cc(S(=O)(=O)N3CCCC3)ccc21. The molecule has 110 valence electrons. The Labute approximate surface area is 119 Å². The third-order valence-electron chi connectivity index (χ3n) is 3.93. The van der Waals surface area contributed by atoms with E-state index in [1.54, 1.807) is 6.07 Å². The lowest BCUT2D eigenvalue weighted by Gasteiger charge is -2.19. The third kappa shape index (κ3) is 2.27. The van der Waals surface area contributed by atoms with Gasteiger partial charge in [0, 0.05) is 13.1 Å². The monoisotopic (exact) mass is 315 g/mol. The third-order valence-corrected chi connectivity index (χ3v) is 7.72. The van der Waals surface area contributed by atoms with E-state index in [2.05, 4.69) is 0 Å². The van der Waals surface area contributed by atoms with Gasteiger partial charge in [0.25, 0.3) is 0 Å². The van der Waals surface area contributed by atoms with Crippen LogP contribution in [0.2, 0.25) is 0 Å². The number of sulfone groups is 1. The molecule has 0 aromatic heterocycles. The first kappa shape index (κ1) is 14.0. The second-order valence-corrected chi connectivity index (χ2v) is 9.32. The lowest BCUT2D eigenvalue weighted by atomic mass is 10.1. The first-order valence-electron chi connectivity index (χ1n) is 6.77. The predicted octanol–water partition coefficient (Wildman–Crippen LogP) is 1.19. The van der Waals surface area contributed by atoms with Gasteiger partial charge in [0.2, 0.25) is 10.0 Å². The Hall–Kier alpha value is -0.920. The van der Waals surface area contributed by atoms with Crippen molar-refractivity contribution in [3.8, 4) is 0 Å². The number of benzene rings is 1. The average molecular weight is 315 g/mol. The van der Waals surface area contributed by atoms with Crippen molar-refractivity contribution in [1.82, 2.24) is 4.31 Å². The van der Waals surface area contributed by atoms with E-state index in [-0.39, 0.29) is 10.6 Å². The molecule has 2 aliphatic heterocycles. The minimum absolute atomic E-state index is 0.151. The van der Waals surface area contributed by atoms with Crippen molar-refractivity contribution in [1.29, 1.82) is 0 Å². The van der Waals surface area contributed by atoms with E-state index in [9.17, 15) is 16.8 Å².